The molecule has 4 heterocycles. The molecule has 2 fully saturated rings. The minimum Gasteiger partial charge on any atom is -0.475 e. The van der Waals surface area contributed by atoms with Crippen LogP contribution in [0.3, 0.4) is 0 Å². The van der Waals surface area contributed by atoms with Gasteiger partial charge in [-0.25, -0.2) is 14.8 Å². The number of pyridine rings is 2. The Morgan fingerprint density at radius 1 is 1.38 bits per heavy atom. The molecule has 0 aromatic carbocycles. The highest BCUT2D eigenvalue weighted by molar-refractivity contribution is 6.33. The zero-order chi connectivity index (χ0) is 26.2. The fourth-order valence-electron chi connectivity index (χ4n) is 4.29. The quantitative estimate of drug-likeness (QED) is 0.467. The number of hydrogen-bond donors (Lipinski definition) is 2. The van der Waals surface area contributed by atoms with Crippen molar-refractivity contribution in [3.8, 4) is 17.1 Å². The molecule has 0 radical (unpaired) electrons. The fourth-order valence-corrected chi connectivity index (χ4v) is 4.55. The molecule has 1 atom stereocenters. The lowest BCUT2D eigenvalue weighted by Gasteiger charge is -2.37. The molecule has 3 N–H and O–H groups in total. The summed E-state index contributed by atoms with van der Waals surface area (Å²) in [4.78, 5) is 24.1. The second-order valence-corrected chi connectivity index (χ2v) is 10.1. The van der Waals surface area contributed by atoms with Gasteiger partial charge in [0.15, 0.2) is 11.6 Å². The van der Waals surface area contributed by atoms with Crippen LogP contribution in [0.4, 0.5) is 22.0 Å². The lowest BCUT2D eigenvalue weighted by molar-refractivity contribution is -0.141. The highest BCUT2D eigenvalue weighted by Gasteiger charge is 2.34. The summed E-state index contributed by atoms with van der Waals surface area (Å²) < 4.78 is 18.8. The van der Waals surface area contributed by atoms with E-state index in [1.165, 1.54) is 0 Å². The Bertz CT molecular complexity index is 1290. The van der Waals surface area contributed by atoms with Gasteiger partial charge in [-0.15, -0.1) is 0 Å². The van der Waals surface area contributed by atoms with Crippen LogP contribution in [0.15, 0.2) is 36.8 Å². The van der Waals surface area contributed by atoms with Crippen molar-refractivity contribution < 1.29 is 19.0 Å². The van der Waals surface area contributed by atoms with Crippen molar-refractivity contribution in [1.82, 2.24) is 19.7 Å². The number of urea groups is 1. The van der Waals surface area contributed by atoms with Crippen molar-refractivity contribution in [3.63, 3.8) is 0 Å². The van der Waals surface area contributed by atoms with Crippen molar-refractivity contribution in [1.29, 1.82) is 0 Å². The summed E-state index contributed by atoms with van der Waals surface area (Å²) in [5.41, 5.74) is 8.42. The number of anilines is 3. The number of ether oxygens (including phenoxy) is 3. The molecule has 3 aromatic heterocycles. The topological polar surface area (TPSA) is 130 Å². The fraction of sp³-hybridized carbons (Fsp3) is 0.440. The molecule has 3 aromatic rings. The molecule has 0 bridgehead atoms. The molecule has 1 aliphatic heterocycles. The van der Waals surface area contributed by atoms with Crippen LogP contribution >= 0.6 is 11.6 Å². The molecule has 1 saturated carbocycles. The standard InChI is InChI=1S/C25H30ClN7O4/c1-25(2)36-14-18(37-25)13-35-21-9-16(7-8-28-21)30-24(34)33(17-5-4-6-17)23-20(27)10-19(26)22(31-23)15-11-29-32(3)12-15/h7-12,17-18H,4-6,13-14,27H2,1-3H3,(H,28,30,34)/t18-/m1/s1. The summed E-state index contributed by atoms with van der Waals surface area (Å²) >= 11 is 6.46. The minimum atomic E-state index is -0.628. The highest BCUT2D eigenvalue weighted by Crippen LogP contribution is 2.37. The summed E-state index contributed by atoms with van der Waals surface area (Å²) in [5, 5.41) is 7.53. The van der Waals surface area contributed by atoms with Crippen LogP contribution in [0, 0.1) is 0 Å². The average Bonchev–Trinajstić information content (AvgIpc) is 3.40. The van der Waals surface area contributed by atoms with Crippen LogP contribution in [0.1, 0.15) is 33.1 Å². The number of nitrogens with zero attached hydrogens (tertiary/aromatic N) is 5. The number of carbonyl (C=O) groups excluding carboxylic acids is 1. The first kappa shape index (κ1) is 25.2. The van der Waals surface area contributed by atoms with Gasteiger partial charge >= 0.3 is 6.03 Å². The van der Waals surface area contributed by atoms with Gasteiger partial charge in [0.2, 0.25) is 5.88 Å². The van der Waals surface area contributed by atoms with E-state index < -0.39 is 5.79 Å². The van der Waals surface area contributed by atoms with Crippen molar-refractivity contribution in [3.05, 3.63) is 41.8 Å². The summed E-state index contributed by atoms with van der Waals surface area (Å²) in [5.74, 6) is 0.0951. The van der Waals surface area contributed by atoms with Crippen molar-refractivity contribution in [2.75, 3.05) is 29.2 Å². The Morgan fingerprint density at radius 3 is 2.84 bits per heavy atom. The van der Waals surface area contributed by atoms with E-state index >= 15 is 0 Å². The Morgan fingerprint density at radius 2 is 2.19 bits per heavy atom. The molecule has 12 heteroatoms. The van der Waals surface area contributed by atoms with Gasteiger partial charge in [0.25, 0.3) is 0 Å². The first-order valence-corrected chi connectivity index (χ1v) is 12.5. The van der Waals surface area contributed by atoms with Crippen LogP contribution in [-0.2, 0) is 16.5 Å². The van der Waals surface area contributed by atoms with E-state index in [4.69, 9.17) is 36.5 Å². The first-order valence-electron chi connectivity index (χ1n) is 12.1. The normalized spacial score (nSPS) is 18.9. The largest absolute Gasteiger partial charge is 0.475 e. The molecule has 5 rings (SSSR count). The number of aromatic nitrogens is 4. The first-order chi connectivity index (χ1) is 17.7. The predicted octanol–water partition coefficient (Wildman–Crippen LogP) is 4.23. The van der Waals surface area contributed by atoms with E-state index in [2.05, 4.69) is 15.4 Å². The Kier molecular flexibility index (Phi) is 6.93. The predicted molar refractivity (Wildman–Crippen MR) is 140 cm³/mol. The zero-order valence-corrected chi connectivity index (χ0v) is 21.7. The van der Waals surface area contributed by atoms with Crippen LogP contribution in [-0.4, -0.2) is 56.9 Å². The maximum absolute atomic E-state index is 13.6. The van der Waals surface area contributed by atoms with Crippen molar-refractivity contribution >= 4 is 34.8 Å². The number of hydrogen-bond acceptors (Lipinski definition) is 8. The Hall–Kier alpha value is -3.41. The summed E-state index contributed by atoms with van der Waals surface area (Å²) in [6.45, 7) is 4.44. The maximum Gasteiger partial charge on any atom is 0.327 e. The number of nitrogens with one attached hydrogen (secondary N) is 1. The molecule has 2 amide bonds. The number of carbonyl (C=O) groups is 1. The molecular weight excluding hydrogens is 498 g/mol. The maximum atomic E-state index is 13.6. The summed E-state index contributed by atoms with van der Waals surface area (Å²) in [6.07, 6.45) is 7.58. The van der Waals surface area contributed by atoms with Gasteiger partial charge in [-0.1, -0.05) is 11.6 Å². The highest BCUT2D eigenvalue weighted by atomic mass is 35.5. The average molecular weight is 528 g/mol. The molecular formula is C25H30ClN7O4. The summed E-state index contributed by atoms with van der Waals surface area (Å²) in [7, 11) is 1.81. The van der Waals surface area contributed by atoms with E-state index in [-0.39, 0.29) is 24.8 Å². The minimum absolute atomic E-state index is 0.0295. The molecule has 2 aliphatic rings. The Labute approximate surface area is 219 Å². The lowest BCUT2D eigenvalue weighted by Crippen LogP contribution is -2.47. The zero-order valence-electron chi connectivity index (χ0n) is 21.0. The number of aryl methyl sites for hydroxylation is 1. The van der Waals surface area contributed by atoms with Gasteiger partial charge in [-0.2, -0.15) is 5.10 Å². The third-order valence-electron chi connectivity index (χ3n) is 6.32. The number of halogens is 1. The van der Waals surface area contributed by atoms with Crippen LogP contribution in [0.2, 0.25) is 5.02 Å². The third-order valence-corrected chi connectivity index (χ3v) is 6.61. The van der Waals surface area contributed by atoms with E-state index in [0.717, 1.165) is 24.8 Å². The molecule has 1 aliphatic carbocycles. The van der Waals surface area contributed by atoms with E-state index in [0.29, 0.717) is 40.4 Å². The third kappa shape index (κ3) is 5.63. The van der Waals surface area contributed by atoms with Crippen molar-refractivity contribution in [2.45, 2.75) is 51.0 Å². The second kappa shape index (κ2) is 10.2. The van der Waals surface area contributed by atoms with E-state index in [1.54, 1.807) is 40.2 Å². The number of amides is 2. The smallest absolute Gasteiger partial charge is 0.327 e. The molecule has 1 saturated heterocycles. The van der Waals surface area contributed by atoms with Crippen LogP contribution in [0.25, 0.3) is 11.3 Å². The number of rotatable bonds is 7. The molecule has 37 heavy (non-hydrogen) atoms. The summed E-state index contributed by atoms with van der Waals surface area (Å²) in [6, 6.07) is 4.60. The van der Waals surface area contributed by atoms with Crippen LogP contribution < -0.4 is 20.7 Å². The van der Waals surface area contributed by atoms with Gasteiger partial charge in [0.05, 0.1) is 29.2 Å². The molecule has 196 valence electrons. The second-order valence-electron chi connectivity index (χ2n) is 9.66. The molecule has 0 spiro atoms. The Balaban J connectivity index is 1.34. The molecule has 11 nitrogen and oxygen atoms in total. The van der Waals surface area contributed by atoms with Gasteiger partial charge < -0.3 is 25.3 Å². The van der Waals surface area contributed by atoms with Gasteiger partial charge in [0.1, 0.15) is 12.7 Å². The van der Waals surface area contributed by atoms with Gasteiger partial charge in [-0.05, 0) is 45.2 Å². The van der Waals surface area contributed by atoms with E-state index in [1.807, 2.05) is 27.1 Å². The van der Waals surface area contributed by atoms with E-state index in [9.17, 15) is 4.79 Å². The van der Waals surface area contributed by atoms with Gasteiger partial charge in [0, 0.05) is 42.8 Å². The monoisotopic (exact) mass is 527 g/mol. The number of nitrogens with two attached hydrogens (primary N) is 1. The lowest BCUT2D eigenvalue weighted by atomic mass is 9.91. The number of nitrogen functional groups attached to an aromatic ring is 1. The SMILES string of the molecule is Cn1cc(-c2nc(N(C(=O)Nc3ccnc(OC[C@@H]4COC(C)(C)O4)c3)C3CCC3)c(N)cc2Cl)cn1. The van der Waals surface area contributed by atoms with Crippen LogP contribution in [0.5, 0.6) is 5.88 Å². The molecule has 0 unspecified atom stereocenters. The van der Waals surface area contributed by atoms with Crippen molar-refractivity contribution in [2.24, 2.45) is 7.05 Å². The van der Waals surface area contributed by atoms with Gasteiger partial charge in [-0.3, -0.25) is 9.58 Å².